The van der Waals surface area contributed by atoms with Crippen LogP contribution in [0.4, 0.5) is 5.69 Å². The minimum absolute atomic E-state index is 0.203. The minimum atomic E-state index is -0.254. The van der Waals surface area contributed by atoms with Gasteiger partial charge in [0.25, 0.3) is 5.91 Å². The van der Waals surface area contributed by atoms with Gasteiger partial charge in [0.1, 0.15) is 5.75 Å². The number of anilines is 1. The van der Waals surface area contributed by atoms with E-state index in [1.54, 1.807) is 24.3 Å². The lowest BCUT2D eigenvalue weighted by Gasteiger charge is -2.12. The van der Waals surface area contributed by atoms with E-state index in [1.807, 2.05) is 36.4 Å². The molecule has 3 aromatic carbocycles. The van der Waals surface area contributed by atoms with Crippen LogP contribution in [0.15, 0.2) is 60.7 Å². The highest BCUT2D eigenvalue weighted by molar-refractivity contribution is 14.1. The molecule has 3 rings (SSSR count). The first-order chi connectivity index (χ1) is 11.5. The number of nitrogens with one attached hydrogen (secondary N) is 2. The molecule has 0 unspecified atom stereocenters. The Hall–Kier alpha value is -2.19. The molecule has 0 saturated carbocycles. The van der Waals surface area contributed by atoms with Crippen LogP contribution in [0.3, 0.4) is 0 Å². The predicted molar refractivity (Wildman–Crippen MR) is 108 cm³/mol. The zero-order chi connectivity index (χ0) is 17.1. The van der Waals surface area contributed by atoms with Crippen molar-refractivity contribution in [1.82, 2.24) is 5.32 Å². The first kappa shape index (κ1) is 16.7. The molecule has 0 spiro atoms. The maximum Gasteiger partial charge on any atom is 0.258 e. The van der Waals surface area contributed by atoms with Crippen molar-refractivity contribution in [3.8, 4) is 5.75 Å². The molecule has 6 heteroatoms. The van der Waals surface area contributed by atoms with E-state index in [4.69, 9.17) is 12.2 Å². The van der Waals surface area contributed by atoms with E-state index in [0.29, 0.717) is 5.56 Å². The third-order valence-electron chi connectivity index (χ3n) is 3.46. The molecular weight excluding hydrogens is 435 g/mol. The SMILES string of the molecule is O=C(NC(=S)Nc1cccc2cc(O)ccc12)c1ccccc1I. The highest BCUT2D eigenvalue weighted by Gasteiger charge is 2.11. The number of carbonyl (C=O) groups excluding carboxylic acids is 1. The van der Waals surface area contributed by atoms with Gasteiger partial charge in [0, 0.05) is 14.6 Å². The molecule has 1 amide bonds. The maximum atomic E-state index is 12.3. The third kappa shape index (κ3) is 3.65. The minimum Gasteiger partial charge on any atom is -0.508 e. The fraction of sp³-hybridized carbons (Fsp3) is 0. The highest BCUT2D eigenvalue weighted by Crippen LogP contribution is 2.26. The summed E-state index contributed by atoms with van der Waals surface area (Å²) in [6, 6.07) is 18.0. The van der Waals surface area contributed by atoms with Crippen molar-refractivity contribution in [3.05, 3.63) is 69.8 Å². The molecule has 0 aromatic heterocycles. The fourth-order valence-corrected chi connectivity index (χ4v) is 3.18. The summed E-state index contributed by atoms with van der Waals surface area (Å²) in [5.74, 6) is -0.0513. The van der Waals surface area contributed by atoms with Gasteiger partial charge in [-0.1, -0.05) is 24.3 Å². The number of phenolic OH excluding ortho intramolecular Hbond substituents is 1. The largest absolute Gasteiger partial charge is 0.508 e. The Bertz CT molecular complexity index is 943. The van der Waals surface area contributed by atoms with Crippen LogP contribution in [0.1, 0.15) is 10.4 Å². The molecule has 0 aliphatic carbocycles. The number of hydrogen-bond donors (Lipinski definition) is 3. The number of benzene rings is 3. The van der Waals surface area contributed by atoms with Gasteiger partial charge in [0.05, 0.1) is 5.56 Å². The first-order valence-corrected chi connectivity index (χ1v) is 8.62. The van der Waals surface area contributed by atoms with Crippen molar-refractivity contribution in [2.75, 3.05) is 5.32 Å². The monoisotopic (exact) mass is 448 g/mol. The summed E-state index contributed by atoms with van der Waals surface area (Å²) in [5, 5.41) is 17.3. The molecule has 0 saturated heterocycles. The molecule has 3 N–H and O–H groups in total. The van der Waals surface area contributed by atoms with Crippen molar-refractivity contribution in [2.45, 2.75) is 0 Å². The number of fused-ring (bicyclic) bond motifs is 1. The van der Waals surface area contributed by atoms with Crippen LogP contribution in [-0.2, 0) is 0 Å². The molecule has 24 heavy (non-hydrogen) atoms. The molecule has 120 valence electrons. The second-order valence-electron chi connectivity index (χ2n) is 5.10. The molecule has 0 heterocycles. The molecule has 0 bridgehead atoms. The Morgan fingerprint density at radius 1 is 1.04 bits per heavy atom. The van der Waals surface area contributed by atoms with Crippen molar-refractivity contribution in [2.24, 2.45) is 0 Å². The number of carbonyl (C=O) groups is 1. The van der Waals surface area contributed by atoms with E-state index in [-0.39, 0.29) is 16.8 Å². The van der Waals surface area contributed by atoms with Gasteiger partial charge in [-0.15, -0.1) is 0 Å². The van der Waals surface area contributed by atoms with Gasteiger partial charge in [-0.2, -0.15) is 0 Å². The Morgan fingerprint density at radius 2 is 1.83 bits per heavy atom. The maximum absolute atomic E-state index is 12.3. The summed E-state index contributed by atoms with van der Waals surface area (Å²) in [7, 11) is 0. The van der Waals surface area contributed by atoms with Gasteiger partial charge in [-0.3, -0.25) is 10.1 Å². The van der Waals surface area contributed by atoms with Crippen LogP contribution in [0, 0.1) is 3.57 Å². The molecular formula is C18H13IN2O2S. The summed E-state index contributed by atoms with van der Waals surface area (Å²) in [6.07, 6.45) is 0. The second kappa shape index (κ2) is 7.14. The van der Waals surface area contributed by atoms with Gasteiger partial charge >= 0.3 is 0 Å². The molecule has 0 aliphatic rings. The number of amides is 1. The molecule has 0 fully saturated rings. The van der Waals surface area contributed by atoms with Gasteiger partial charge < -0.3 is 10.4 Å². The molecule has 0 atom stereocenters. The van der Waals surface area contributed by atoms with Crippen LogP contribution >= 0.6 is 34.8 Å². The number of rotatable bonds is 2. The Balaban J connectivity index is 1.78. The lowest BCUT2D eigenvalue weighted by Crippen LogP contribution is -2.34. The van der Waals surface area contributed by atoms with Crippen molar-refractivity contribution in [1.29, 1.82) is 0 Å². The summed E-state index contributed by atoms with van der Waals surface area (Å²) in [4.78, 5) is 12.3. The van der Waals surface area contributed by atoms with Crippen molar-refractivity contribution in [3.63, 3.8) is 0 Å². The van der Waals surface area contributed by atoms with E-state index >= 15 is 0 Å². The van der Waals surface area contributed by atoms with E-state index in [9.17, 15) is 9.90 Å². The van der Waals surface area contributed by atoms with Crippen LogP contribution < -0.4 is 10.6 Å². The summed E-state index contributed by atoms with van der Waals surface area (Å²) in [5.41, 5.74) is 1.34. The number of phenols is 1. The fourth-order valence-electron chi connectivity index (χ4n) is 2.35. The molecule has 4 nitrogen and oxygen atoms in total. The third-order valence-corrected chi connectivity index (χ3v) is 4.60. The molecule has 0 aliphatic heterocycles. The zero-order valence-electron chi connectivity index (χ0n) is 12.4. The van der Waals surface area contributed by atoms with Gasteiger partial charge in [0.2, 0.25) is 0 Å². The average Bonchev–Trinajstić information content (AvgIpc) is 2.55. The summed E-state index contributed by atoms with van der Waals surface area (Å²) < 4.78 is 0.857. The van der Waals surface area contributed by atoms with E-state index < -0.39 is 0 Å². The number of hydrogen-bond acceptors (Lipinski definition) is 3. The average molecular weight is 448 g/mol. The van der Waals surface area contributed by atoms with E-state index in [0.717, 1.165) is 20.0 Å². The van der Waals surface area contributed by atoms with Crippen molar-refractivity contribution < 1.29 is 9.90 Å². The number of aromatic hydroxyl groups is 1. The van der Waals surface area contributed by atoms with E-state index in [2.05, 4.69) is 33.2 Å². The number of thiocarbonyl (C=S) groups is 1. The lowest BCUT2D eigenvalue weighted by atomic mass is 10.1. The second-order valence-corrected chi connectivity index (χ2v) is 6.67. The van der Waals surface area contributed by atoms with Crippen LogP contribution in [-0.4, -0.2) is 16.1 Å². The van der Waals surface area contributed by atoms with Gasteiger partial charge in [-0.25, -0.2) is 0 Å². The van der Waals surface area contributed by atoms with Crippen LogP contribution in [0.2, 0.25) is 0 Å². The van der Waals surface area contributed by atoms with Gasteiger partial charge in [-0.05, 0) is 76.6 Å². The van der Waals surface area contributed by atoms with Crippen LogP contribution in [0.25, 0.3) is 10.8 Å². The van der Waals surface area contributed by atoms with Crippen molar-refractivity contribution >= 4 is 62.3 Å². The predicted octanol–water partition coefficient (Wildman–Crippen LogP) is 4.28. The Labute approximate surface area is 158 Å². The lowest BCUT2D eigenvalue weighted by molar-refractivity contribution is 0.0977. The number of halogens is 1. The Morgan fingerprint density at radius 3 is 2.62 bits per heavy atom. The summed E-state index contributed by atoms with van der Waals surface area (Å²) >= 11 is 7.36. The Kier molecular flexibility index (Phi) is 4.96. The quantitative estimate of drug-likeness (QED) is 0.405. The standard InChI is InChI=1S/C18H13IN2O2S/c19-15-6-2-1-5-14(15)17(23)21-18(24)20-16-7-3-4-11-10-12(22)8-9-13(11)16/h1-10,22H,(H2,20,21,23,24). The van der Waals surface area contributed by atoms with E-state index in [1.165, 1.54) is 0 Å². The van der Waals surface area contributed by atoms with Gasteiger partial charge in [0.15, 0.2) is 5.11 Å². The first-order valence-electron chi connectivity index (χ1n) is 7.13. The summed E-state index contributed by atoms with van der Waals surface area (Å²) in [6.45, 7) is 0. The molecule has 0 radical (unpaired) electrons. The van der Waals surface area contributed by atoms with Crippen LogP contribution in [0.5, 0.6) is 5.75 Å². The highest BCUT2D eigenvalue weighted by atomic mass is 127. The topological polar surface area (TPSA) is 61.4 Å². The smallest absolute Gasteiger partial charge is 0.258 e. The molecule has 3 aromatic rings. The zero-order valence-corrected chi connectivity index (χ0v) is 15.4. The normalized spacial score (nSPS) is 10.4.